The maximum Gasteiger partial charge on any atom is 0.226 e. The molecule has 0 atom stereocenters. The lowest BCUT2D eigenvalue weighted by molar-refractivity contribution is -0.130. The number of hydrogen-bond acceptors (Lipinski definition) is 3. The highest BCUT2D eigenvalue weighted by Gasteiger charge is 2.12. The summed E-state index contributed by atoms with van der Waals surface area (Å²) in [5.74, 6) is -0.895. The molecular weight excluding hydrogens is 349 g/mol. The molecule has 6 nitrogen and oxygen atoms in total. The fourth-order valence-corrected chi connectivity index (χ4v) is 2.46. The minimum atomic E-state index is -0.336. The molecule has 3 amide bonds. The Labute approximate surface area is 157 Å². The summed E-state index contributed by atoms with van der Waals surface area (Å²) in [5.41, 5.74) is 2.03. The van der Waals surface area contributed by atoms with Crippen molar-refractivity contribution < 1.29 is 18.8 Å². The number of carbonyl (C=O) groups excluding carboxylic acids is 3. The molecule has 0 saturated heterocycles. The highest BCUT2D eigenvalue weighted by molar-refractivity contribution is 5.92. The van der Waals surface area contributed by atoms with Crippen molar-refractivity contribution in [1.82, 2.24) is 4.90 Å². The second kappa shape index (κ2) is 9.47. The minimum Gasteiger partial charge on any atom is -0.338 e. The molecule has 142 valence electrons. The van der Waals surface area contributed by atoms with E-state index < -0.39 is 0 Å². The molecule has 2 N–H and O–H groups in total. The van der Waals surface area contributed by atoms with E-state index in [0.717, 1.165) is 5.56 Å². The molecule has 0 unspecified atom stereocenters. The third kappa shape index (κ3) is 6.89. The van der Waals surface area contributed by atoms with E-state index in [1.54, 1.807) is 36.4 Å². The maximum atomic E-state index is 13.0. The molecule has 0 aliphatic heterocycles. The van der Waals surface area contributed by atoms with Gasteiger partial charge >= 0.3 is 0 Å². The molecule has 0 spiro atoms. The van der Waals surface area contributed by atoms with E-state index in [4.69, 9.17) is 0 Å². The van der Waals surface area contributed by atoms with Gasteiger partial charge in [-0.15, -0.1) is 0 Å². The van der Waals surface area contributed by atoms with Crippen LogP contribution in [0, 0.1) is 5.82 Å². The summed E-state index contributed by atoms with van der Waals surface area (Å²) in [6.45, 7) is 3.42. The van der Waals surface area contributed by atoms with Gasteiger partial charge in [0.15, 0.2) is 0 Å². The fraction of sp³-hybridized carbons (Fsp3) is 0.250. The van der Waals surface area contributed by atoms with Crippen LogP contribution in [0.2, 0.25) is 0 Å². The van der Waals surface area contributed by atoms with E-state index in [0.29, 0.717) is 17.9 Å². The van der Waals surface area contributed by atoms with Gasteiger partial charge in [-0.2, -0.15) is 0 Å². The molecule has 0 aromatic heterocycles. The number of carbonyl (C=O) groups is 3. The Hall–Kier alpha value is -3.22. The molecule has 0 fully saturated rings. The van der Waals surface area contributed by atoms with Gasteiger partial charge in [-0.05, 0) is 42.0 Å². The van der Waals surface area contributed by atoms with Crippen molar-refractivity contribution in [2.45, 2.75) is 26.8 Å². The molecule has 27 heavy (non-hydrogen) atoms. The van der Waals surface area contributed by atoms with E-state index in [1.807, 2.05) is 0 Å². The van der Waals surface area contributed by atoms with Gasteiger partial charge in [0, 0.05) is 44.7 Å². The summed E-state index contributed by atoms with van der Waals surface area (Å²) in [5, 5.41) is 5.39. The number of amides is 3. The van der Waals surface area contributed by atoms with Gasteiger partial charge in [0.25, 0.3) is 0 Å². The lowest BCUT2D eigenvalue weighted by atomic mass is 10.2. The van der Waals surface area contributed by atoms with Crippen molar-refractivity contribution in [2.24, 2.45) is 0 Å². The SMILES string of the molecule is CC(=O)Nc1ccc(NC(=O)CCN(Cc2ccc(F)cc2)C(C)=O)cc1. The molecule has 0 aliphatic carbocycles. The Morgan fingerprint density at radius 3 is 1.96 bits per heavy atom. The van der Waals surface area contributed by atoms with E-state index in [1.165, 1.54) is 30.9 Å². The van der Waals surface area contributed by atoms with Crippen LogP contribution in [0.15, 0.2) is 48.5 Å². The predicted octanol–water partition coefficient (Wildman–Crippen LogP) is 3.16. The molecule has 7 heteroatoms. The zero-order valence-electron chi connectivity index (χ0n) is 15.3. The summed E-state index contributed by atoms with van der Waals surface area (Å²) in [7, 11) is 0. The summed E-state index contributed by atoms with van der Waals surface area (Å²) in [6, 6.07) is 12.6. The van der Waals surface area contributed by atoms with Gasteiger partial charge in [0.1, 0.15) is 5.82 Å². The monoisotopic (exact) mass is 371 g/mol. The van der Waals surface area contributed by atoms with Crippen molar-refractivity contribution in [3.8, 4) is 0 Å². The number of hydrogen-bond donors (Lipinski definition) is 2. The highest BCUT2D eigenvalue weighted by Crippen LogP contribution is 2.14. The van der Waals surface area contributed by atoms with Crippen LogP contribution >= 0.6 is 0 Å². The Balaban J connectivity index is 1.87. The first-order chi connectivity index (χ1) is 12.8. The Morgan fingerprint density at radius 2 is 1.44 bits per heavy atom. The maximum absolute atomic E-state index is 13.0. The number of benzene rings is 2. The van der Waals surface area contributed by atoms with Crippen LogP contribution in [0.4, 0.5) is 15.8 Å². The molecule has 2 aromatic carbocycles. The number of rotatable bonds is 7. The third-order valence-electron chi connectivity index (χ3n) is 3.83. The zero-order valence-corrected chi connectivity index (χ0v) is 15.3. The first-order valence-electron chi connectivity index (χ1n) is 8.51. The van der Waals surface area contributed by atoms with Crippen molar-refractivity contribution in [3.05, 3.63) is 59.9 Å². The number of halogens is 1. The van der Waals surface area contributed by atoms with E-state index in [9.17, 15) is 18.8 Å². The number of nitrogens with one attached hydrogen (secondary N) is 2. The zero-order chi connectivity index (χ0) is 19.8. The van der Waals surface area contributed by atoms with Gasteiger partial charge in [0.05, 0.1) is 0 Å². The molecule has 2 aromatic rings. The standard InChI is InChI=1S/C20H22FN3O3/c1-14(25)22-18-7-9-19(10-8-18)23-20(27)11-12-24(15(2)26)13-16-3-5-17(21)6-4-16/h3-10H,11-13H2,1-2H3,(H,22,25)(H,23,27). The largest absolute Gasteiger partial charge is 0.338 e. The summed E-state index contributed by atoms with van der Waals surface area (Å²) < 4.78 is 13.0. The Morgan fingerprint density at radius 1 is 0.889 bits per heavy atom. The van der Waals surface area contributed by atoms with Crippen LogP contribution in [-0.4, -0.2) is 29.2 Å². The lowest BCUT2D eigenvalue weighted by Gasteiger charge is -2.21. The molecule has 0 aliphatic rings. The van der Waals surface area contributed by atoms with Crippen LogP contribution in [0.1, 0.15) is 25.8 Å². The van der Waals surface area contributed by atoms with Gasteiger partial charge in [0.2, 0.25) is 17.7 Å². The van der Waals surface area contributed by atoms with Crippen molar-refractivity contribution in [3.63, 3.8) is 0 Å². The number of anilines is 2. The fourth-order valence-electron chi connectivity index (χ4n) is 2.46. The van der Waals surface area contributed by atoms with Gasteiger partial charge in [-0.25, -0.2) is 4.39 Å². The minimum absolute atomic E-state index is 0.133. The normalized spacial score (nSPS) is 10.2. The van der Waals surface area contributed by atoms with Crippen molar-refractivity contribution >= 4 is 29.1 Å². The van der Waals surface area contributed by atoms with Crippen LogP contribution in [-0.2, 0) is 20.9 Å². The number of nitrogens with zero attached hydrogens (tertiary/aromatic N) is 1. The second-order valence-corrected chi connectivity index (χ2v) is 6.12. The molecule has 0 heterocycles. The smallest absolute Gasteiger partial charge is 0.226 e. The summed E-state index contributed by atoms with van der Waals surface area (Å²) >= 11 is 0. The van der Waals surface area contributed by atoms with E-state index in [-0.39, 0.29) is 36.5 Å². The first-order valence-corrected chi connectivity index (χ1v) is 8.51. The average molecular weight is 371 g/mol. The second-order valence-electron chi connectivity index (χ2n) is 6.12. The van der Waals surface area contributed by atoms with Crippen LogP contribution < -0.4 is 10.6 Å². The van der Waals surface area contributed by atoms with Crippen molar-refractivity contribution in [1.29, 1.82) is 0 Å². The molecule has 0 radical (unpaired) electrons. The topological polar surface area (TPSA) is 78.5 Å². The highest BCUT2D eigenvalue weighted by atomic mass is 19.1. The quantitative estimate of drug-likeness (QED) is 0.785. The van der Waals surface area contributed by atoms with Gasteiger partial charge in [-0.3, -0.25) is 14.4 Å². The average Bonchev–Trinajstić information content (AvgIpc) is 2.61. The summed E-state index contributed by atoms with van der Waals surface area (Å²) in [6.07, 6.45) is 0.133. The summed E-state index contributed by atoms with van der Waals surface area (Å²) in [4.78, 5) is 36.5. The van der Waals surface area contributed by atoms with Crippen LogP contribution in [0.3, 0.4) is 0 Å². The van der Waals surface area contributed by atoms with E-state index >= 15 is 0 Å². The predicted molar refractivity (Wildman–Crippen MR) is 101 cm³/mol. The molecule has 2 rings (SSSR count). The third-order valence-corrected chi connectivity index (χ3v) is 3.83. The molecule has 0 bridgehead atoms. The first kappa shape index (κ1) is 20.1. The van der Waals surface area contributed by atoms with Gasteiger partial charge < -0.3 is 15.5 Å². The Bertz CT molecular complexity index is 804. The lowest BCUT2D eigenvalue weighted by Crippen LogP contribution is -2.31. The van der Waals surface area contributed by atoms with E-state index in [2.05, 4.69) is 10.6 Å². The van der Waals surface area contributed by atoms with Gasteiger partial charge in [-0.1, -0.05) is 12.1 Å². The molecule has 0 saturated carbocycles. The Kier molecular flexibility index (Phi) is 7.05. The van der Waals surface area contributed by atoms with Crippen LogP contribution in [0.5, 0.6) is 0 Å². The molecular formula is C20H22FN3O3. The van der Waals surface area contributed by atoms with Crippen molar-refractivity contribution in [2.75, 3.05) is 17.2 Å². The van der Waals surface area contributed by atoms with Crippen LogP contribution in [0.25, 0.3) is 0 Å².